The van der Waals surface area contributed by atoms with Crippen molar-refractivity contribution in [1.82, 2.24) is 10.2 Å². The van der Waals surface area contributed by atoms with Crippen molar-refractivity contribution in [2.24, 2.45) is 11.3 Å². The number of nitrogens with one attached hydrogen (secondary N) is 1. The second-order valence-corrected chi connectivity index (χ2v) is 7.44. The summed E-state index contributed by atoms with van der Waals surface area (Å²) in [7, 11) is 1.56. The highest BCUT2D eigenvalue weighted by molar-refractivity contribution is 5.76. The number of nitrogens with zero attached hydrogens (tertiary/aromatic N) is 1. The fourth-order valence-corrected chi connectivity index (χ4v) is 2.39. The van der Waals surface area contributed by atoms with Gasteiger partial charge in [0.2, 0.25) is 0 Å². The summed E-state index contributed by atoms with van der Waals surface area (Å²) in [6.45, 7) is 7.86. The number of aliphatic carboxylic acids is 1. The van der Waals surface area contributed by atoms with E-state index in [0.717, 1.165) is 5.56 Å². The van der Waals surface area contributed by atoms with E-state index >= 15 is 0 Å². The molecule has 0 fully saturated rings. The summed E-state index contributed by atoms with van der Waals surface area (Å²) < 4.78 is 13.1. The molecule has 1 aromatic carbocycles. The number of rotatable bonds is 6. The van der Waals surface area contributed by atoms with E-state index in [1.807, 2.05) is 0 Å². The predicted octanol–water partition coefficient (Wildman–Crippen LogP) is 3.67. The maximum absolute atomic E-state index is 13.1. The molecule has 2 amide bonds. The molecule has 1 rings (SSSR count). The number of benzene rings is 1. The molecule has 0 spiro atoms. The molecule has 5 nitrogen and oxygen atoms in total. The van der Waals surface area contributed by atoms with Crippen LogP contribution in [-0.4, -0.2) is 35.6 Å². The quantitative estimate of drug-likeness (QED) is 0.831. The molecule has 0 saturated heterocycles. The van der Waals surface area contributed by atoms with Crippen molar-refractivity contribution in [2.75, 3.05) is 13.6 Å². The summed E-state index contributed by atoms with van der Waals surface area (Å²) in [5, 5.41) is 11.9. The SMILES string of the molecule is CC(CN(C)C(=O)NC(CC(C)(C)C)c1ccc(F)cc1)C(=O)O. The molecule has 0 heterocycles. The summed E-state index contributed by atoms with van der Waals surface area (Å²) in [4.78, 5) is 24.7. The number of halogens is 1. The third-order valence-electron chi connectivity index (χ3n) is 3.70. The third kappa shape index (κ3) is 6.56. The minimum absolute atomic E-state index is 0.0424. The number of carboxylic acid groups (broad SMARTS) is 1. The lowest BCUT2D eigenvalue weighted by Crippen LogP contribution is -2.43. The van der Waals surface area contributed by atoms with Crippen molar-refractivity contribution < 1.29 is 19.1 Å². The van der Waals surface area contributed by atoms with E-state index in [-0.39, 0.29) is 29.8 Å². The van der Waals surface area contributed by atoms with Crippen LogP contribution in [0.1, 0.15) is 45.7 Å². The Kier molecular flexibility index (Phi) is 6.75. The van der Waals surface area contributed by atoms with E-state index in [0.29, 0.717) is 6.42 Å². The van der Waals surface area contributed by atoms with E-state index in [1.54, 1.807) is 26.1 Å². The molecular weight excluding hydrogens is 311 g/mol. The maximum Gasteiger partial charge on any atom is 0.317 e. The molecule has 2 atom stereocenters. The van der Waals surface area contributed by atoms with Crippen LogP contribution in [0, 0.1) is 17.2 Å². The Morgan fingerprint density at radius 1 is 1.25 bits per heavy atom. The molecule has 0 aliphatic rings. The highest BCUT2D eigenvalue weighted by Gasteiger charge is 2.24. The van der Waals surface area contributed by atoms with Gasteiger partial charge in [0, 0.05) is 13.6 Å². The van der Waals surface area contributed by atoms with Crippen LogP contribution in [0.4, 0.5) is 9.18 Å². The molecule has 0 saturated carbocycles. The summed E-state index contributed by atoms with van der Waals surface area (Å²) in [5.41, 5.74) is 0.776. The fraction of sp³-hybridized carbons (Fsp3) is 0.556. The highest BCUT2D eigenvalue weighted by atomic mass is 19.1. The second-order valence-electron chi connectivity index (χ2n) is 7.44. The van der Waals surface area contributed by atoms with Gasteiger partial charge in [-0.15, -0.1) is 0 Å². The molecule has 0 aromatic heterocycles. The van der Waals surface area contributed by atoms with E-state index in [1.165, 1.54) is 17.0 Å². The molecule has 0 bridgehead atoms. The average molecular weight is 338 g/mol. The smallest absolute Gasteiger partial charge is 0.317 e. The third-order valence-corrected chi connectivity index (χ3v) is 3.70. The lowest BCUT2D eigenvalue weighted by molar-refractivity contribution is -0.141. The van der Waals surface area contributed by atoms with Crippen LogP contribution >= 0.6 is 0 Å². The first-order valence-electron chi connectivity index (χ1n) is 7.99. The van der Waals surface area contributed by atoms with Gasteiger partial charge in [-0.2, -0.15) is 0 Å². The van der Waals surface area contributed by atoms with Crippen LogP contribution < -0.4 is 5.32 Å². The lowest BCUT2D eigenvalue weighted by Gasteiger charge is -2.29. The number of urea groups is 1. The highest BCUT2D eigenvalue weighted by Crippen LogP contribution is 2.29. The molecule has 6 heteroatoms. The van der Waals surface area contributed by atoms with Gasteiger partial charge in [-0.1, -0.05) is 39.8 Å². The van der Waals surface area contributed by atoms with Crippen molar-refractivity contribution in [1.29, 1.82) is 0 Å². The maximum atomic E-state index is 13.1. The van der Waals surface area contributed by atoms with Crippen LogP contribution in [0.2, 0.25) is 0 Å². The van der Waals surface area contributed by atoms with Crippen molar-refractivity contribution in [3.8, 4) is 0 Å². The van der Waals surface area contributed by atoms with Crippen molar-refractivity contribution >= 4 is 12.0 Å². The zero-order chi connectivity index (χ0) is 18.5. The van der Waals surface area contributed by atoms with Crippen LogP contribution in [0.3, 0.4) is 0 Å². The first-order chi connectivity index (χ1) is 11.0. The zero-order valence-corrected chi connectivity index (χ0v) is 15.0. The van der Waals surface area contributed by atoms with Crippen LogP contribution in [0.25, 0.3) is 0 Å². The topological polar surface area (TPSA) is 69.6 Å². The van der Waals surface area contributed by atoms with Crippen molar-refractivity contribution in [3.63, 3.8) is 0 Å². The molecule has 0 aliphatic heterocycles. The molecule has 134 valence electrons. The average Bonchev–Trinajstić information content (AvgIpc) is 2.45. The van der Waals surface area contributed by atoms with Crippen LogP contribution in [0.15, 0.2) is 24.3 Å². The number of carbonyl (C=O) groups excluding carboxylic acids is 1. The van der Waals surface area contributed by atoms with Gasteiger partial charge in [-0.05, 0) is 29.5 Å². The molecule has 0 aliphatic carbocycles. The lowest BCUT2D eigenvalue weighted by atomic mass is 9.85. The number of amides is 2. The van der Waals surface area contributed by atoms with Gasteiger partial charge in [0.05, 0.1) is 12.0 Å². The first-order valence-corrected chi connectivity index (χ1v) is 7.99. The van der Waals surface area contributed by atoms with Gasteiger partial charge >= 0.3 is 12.0 Å². The summed E-state index contributed by atoms with van der Waals surface area (Å²) >= 11 is 0. The standard InChI is InChI=1S/C18H27FN2O3/c1-12(16(22)23)11-21(5)17(24)20-15(10-18(2,3)4)13-6-8-14(19)9-7-13/h6-9,12,15H,10-11H2,1-5H3,(H,20,24)(H,22,23). The van der Waals surface area contributed by atoms with Gasteiger partial charge in [-0.25, -0.2) is 9.18 Å². The summed E-state index contributed by atoms with van der Waals surface area (Å²) in [6.07, 6.45) is 0.673. The molecule has 2 unspecified atom stereocenters. The Morgan fingerprint density at radius 3 is 2.25 bits per heavy atom. The summed E-state index contributed by atoms with van der Waals surface area (Å²) in [6, 6.07) is 5.43. The van der Waals surface area contributed by atoms with Gasteiger partial charge in [0.1, 0.15) is 5.82 Å². The molecule has 24 heavy (non-hydrogen) atoms. The largest absolute Gasteiger partial charge is 0.481 e. The van der Waals surface area contributed by atoms with Gasteiger partial charge in [0.25, 0.3) is 0 Å². The van der Waals surface area contributed by atoms with Crippen LogP contribution in [0.5, 0.6) is 0 Å². The number of carbonyl (C=O) groups is 2. The normalized spacial score (nSPS) is 13.9. The Labute approximate surface area is 142 Å². The van der Waals surface area contributed by atoms with E-state index < -0.39 is 11.9 Å². The van der Waals surface area contributed by atoms with Crippen molar-refractivity contribution in [3.05, 3.63) is 35.6 Å². The fourth-order valence-electron chi connectivity index (χ4n) is 2.39. The minimum Gasteiger partial charge on any atom is -0.481 e. The first kappa shape index (κ1) is 19.9. The van der Waals surface area contributed by atoms with Crippen molar-refractivity contribution in [2.45, 2.75) is 40.2 Å². The predicted molar refractivity (Wildman–Crippen MR) is 91.2 cm³/mol. The molecule has 1 aromatic rings. The number of hydrogen-bond acceptors (Lipinski definition) is 2. The zero-order valence-electron chi connectivity index (χ0n) is 15.0. The molecular formula is C18H27FN2O3. The van der Waals surface area contributed by atoms with E-state index in [9.17, 15) is 14.0 Å². The Bertz CT molecular complexity index is 567. The Balaban J connectivity index is 2.86. The Hall–Kier alpha value is -2.11. The second kappa shape index (κ2) is 8.13. The number of hydrogen-bond donors (Lipinski definition) is 2. The number of carboxylic acids is 1. The molecule has 2 N–H and O–H groups in total. The summed E-state index contributed by atoms with van der Waals surface area (Å²) in [5.74, 6) is -1.92. The van der Waals surface area contributed by atoms with Gasteiger partial charge < -0.3 is 15.3 Å². The Morgan fingerprint density at radius 2 is 1.79 bits per heavy atom. The van der Waals surface area contributed by atoms with E-state index in [4.69, 9.17) is 5.11 Å². The monoisotopic (exact) mass is 338 g/mol. The van der Waals surface area contributed by atoms with Gasteiger partial charge in [0.15, 0.2) is 0 Å². The molecule has 0 radical (unpaired) electrons. The van der Waals surface area contributed by atoms with E-state index in [2.05, 4.69) is 26.1 Å². The van der Waals surface area contributed by atoms with Gasteiger partial charge in [-0.3, -0.25) is 4.79 Å². The van der Waals surface area contributed by atoms with Crippen LogP contribution in [-0.2, 0) is 4.79 Å². The minimum atomic E-state index is -0.945.